The van der Waals surface area contributed by atoms with Gasteiger partial charge in [-0.3, -0.25) is 9.59 Å². The van der Waals surface area contributed by atoms with Gasteiger partial charge >= 0.3 is 6.18 Å². The number of hydrogen-bond donors (Lipinski definition) is 2. The molecule has 146 valence electrons. The van der Waals surface area contributed by atoms with E-state index in [0.717, 1.165) is 30.5 Å². The van der Waals surface area contributed by atoms with Gasteiger partial charge in [0.1, 0.15) is 0 Å². The molecule has 2 saturated carbocycles. The lowest BCUT2D eigenvalue weighted by Gasteiger charge is -2.09. The van der Waals surface area contributed by atoms with Crippen LogP contribution >= 0.6 is 0 Å². The second-order valence-corrected chi connectivity index (χ2v) is 7.40. The Kier molecular flexibility index (Phi) is 4.61. The topological polar surface area (TPSA) is 58.2 Å². The van der Waals surface area contributed by atoms with E-state index in [1.54, 1.807) is 24.3 Å². The molecule has 0 heterocycles. The van der Waals surface area contributed by atoms with Crippen molar-refractivity contribution < 1.29 is 22.8 Å². The van der Waals surface area contributed by atoms with Crippen LogP contribution in [-0.2, 0) is 15.8 Å². The summed E-state index contributed by atoms with van der Waals surface area (Å²) in [6, 6.07) is 11.9. The van der Waals surface area contributed by atoms with E-state index in [2.05, 4.69) is 10.6 Å². The highest BCUT2D eigenvalue weighted by atomic mass is 19.4. The van der Waals surface area contributed by atoms with Crippen molar-refractivity contribution in [3.05, 3.63) is 59.7 Å². The van der Waals surface area contributed by atoms with Crippen molar-refractivity contribution in [1.82, 2.24) is 0 Å². The third-order valence-electron chi connectivity index (χ3n) is 5.16. The second-order valence-electron chi connectivity index (χ2n) is 7.40. The van der Waals surface area contributed by atoms with Crippen LogP contribution in [0.3, 0.4) is 0 Å². The number of anilines is 2. The molecule has 4 rings (SSSR count). The summed E-state index contributed by atoms with van der Waals surface area (Å²) in [7, 11) is 0. The molecule has 7 heteroatoms. The van der Waals surface area contributed by atoms with E-state index in [1.165, 1.54) is 12.1 Å². The van der Waals surface area contributed by atoms with Gasteiger partial charge in [0.15, 0.2) is 0 Å². The van der Waals surface area contributed by atoms with Gasteiger partial charge in [-0.05, 0) is 67.1 Å². The number of amides is 2. The van der Waals surface area contributed by atoms with E-state index in [4.69, 9.17) is 0 Å². The van der Waals surface area contributed by atoms with Crippen molar-refractivity contribution >= 4 is 23.2 Å². The predicted molar refractivity (Wildman–Crippen MR) is 98.7 cm³/mol. The van der Waals surface area contributed by atoms with E-state index in [1.807, 2.05) is 0 Å². The first-order chi connectivity index (χ1) is 13.3. The summed E-state index contributed by atoms with van der Waals surface area (Å²) in [6.45, 7) is 0. The normalized spacial score (nSPS) is 21.1. The van der Waals surface area contributed by atoms with Crippen LogP contribution in [0.2, 0.25) is 0 Å². The fraction of sp³-hybridized carbons (Fsp3) is 0.333. The van der Waals surface area contributed by atoms with Gasteiger partial charge in [-0.1, -0.05) is 12.1 Å². The standard InChI is InChI=1S/C21H19F3N2O2/c22-21(23,24)14-5-3-12(4-6-14)17-11-18(17)20(28)26-16-9-7-15(8-10-16)25-19(27)13-1-2-13/h3-10,13,17-18H,1-2,11H2,(H,25,27)(H,26,28). The third-order valence-corrected chi connectivity index (χ3v) is 5.16. The van der Waals surface area contributed by atoms with Crippen LogP contribution < -0.4 is 10.6 Å². The molecular weight excluding hydrogens is 369 g/mol. The Hall–Kier alpha value is -2.83. The highest BCUT2D eigenvalue weighted by molar-refractivity contribution is 5.96. The van der Waals surface area contributed by atoms with Crippen molar-refractivity contribution in [3.63, 3.8) is 0 Å². The summed E-state index contributed by atoms with van der Waals surface area (Å²) in [5, 5.41) is 5.65. The molecule has 2 aliphatic rings. The number of benzene rings is 2. The molecule has 2 amide bonds. The highest BCUT2D eigenvalue weighted by Gasteiger charge is 2.44. The van der Waals surface area contributed by atoms with E-state index < -0.39 is 11.7 Å². The maximum atomic E-state index is 12.6. The quantitative estimate of drug-likeness (QED) is 0.773. The highest BCUT2D eigenvalue weighted by Crippen LogP contribution is 2.48. The van der Waals surface area contributed by atoms with Crippen molar-refractivity contribution in [2.75, 3.05) is 10.6 Å². The minimum atomic E-state index is -4.36. The van der Waals surface area contributed by atoms with Crippen LogP contribution in [0.1, 0.15) is 36.3 Å². The Balaban J connectivity index is 1.31. The number of carbonyl (C=O) groups excluding carboxylic acids is 2. The number of rotatable bonds is 5. The first kappa shape index (κ1) is 18.5. The Morgan fingerprint density at radius 1 is 0.821 bits per heavy atom. The molecule has 0 bridgehead atoms. The maximum Gasteiger partial charge on any atom is 0.416 e. The maximum absolute atomic E-state index is 12.6. The van der Waals surface area contributed by atoms with Crippen molar-refractivity contribution in [2.45, 2.75) is 31.4 Å². The van der Waals surface area contributed by atoms with Crippen molar-refractivity contribution in [1.29, 1.82) is 0 Å². The SMILES string of the molecule is O=C(Nc1ccc(NC(=O)C2CC2c2ccc(C(F)(F)F)cc2)cc1)C1CC1. The molecule has 2 atom stereocenters. The molecule has 4 nitrogen and oxygen atoms in total. The monoisotopic (exact) mass is 388 g/mol. The van der Waals surface area contributed by atoms with Gasteiger partial charge in [0, 0.05) is 23.2 Å². The fourth-order valence-corrected chi connectivity index (χ4v) is 3.23. The van der Waals surface area contributed by atoms with E-state index >= 15 is 0 Å². The molecule has 2 N–H and O–H groups in total. The van der Waals surface area contributed by atoms with Gasteiger partial charge < -0.3 is 10.6 Å². The minimum absolute atomic E-state index is 0.0224. The molecule has 0 spiro atoms. The predicted octanol–water partition coefficient (Wildman–Crippen LogP) is 4.80. The molecule has 0 aliphatic heterocycles. The molecule has 2 aromatic carbocycles. The Morgan fingerprint density at radius 2 is 1.36 bits per heavy atom. The van der Waals surface area contributed by atoms with Gasteiger partial charge in [-0.25, -0.2) is 0 Å². The summed E-state index contributed by atoms with van der Waals surface area (Å²) in [5.74, 6) is -0.310. The van der Waals surface area contributed by atoms with E-state index in [9.17, 15) is 22.8 Å². The van der Waals surface area contributed by atoms with Crippen LogP contribution in [0, 0.1) is 11.8 Å². The number of nitrogens with one attached hydrogen (secondary N) is 2. The van der Waals surface area contributed by atoms with Gasteiger partial charge in [-0.15, -0.1) is 0 Å². The first-order valence-electron chi connectivity index (χ1n) is 9.20. The van der Waals surface area contributed by atoms with Crippen molar-refractivity contribution in [2.24, 2.45) is 11.8 Å². The average molecular weight is 388 g/mol. The van der Waals surface area contributed by atoms with Crippen LogP contribution in [0.5, 0.6) is 0 Å². The molecule has 2 fully saturated rings. The van der Waals surface area contributed by atoms with Gasteiger partial charge in [-0.2, -0.15) is 13.2 Å². The van der Waals surface area contributed by atoms with Crippen LogP contribution in [0.25, 0.3) is 0 Å². The summed E-state index contributed by atoms with van der Waals surface area (Å²) in [4.78, 5) is 24.1. The summed E-state index contributed by atoms with van der Waals surface area (Å²) < 4.78 is 37.9. The van der Waals surface area contributed by atoms with Gasteiger partial charge in [0.05, 0.1) is 5.56 Å². The number of carbonyl (C=O) groups is 2. The first-order valence-corrected chi connectivity index (χ1v) is 9.20. The zero-order chi connectivity index (χ0) is 19.9. The van der Waals surface area contributed by atoms with Gasteiger partial charge in [0.2, 0.25) is 11.8 Å². The molecular formula is C21H19F3N2O2. The molecule has 0 saturated heterocycles. The van der Waals surface area contributed by atoms with Gasteiger partial charge in [0.25, 0.3) is 0 Å². The number of hydrogen-bond acceptors (Lipinski definition) is 2. The smallest absolute Gasteiger partial charge is 0.326 e. The largest absolute Gasteiger partial charge is 0.416 e. The molecule has 2 aromatic rings. The molecule has 0 radical (unpaired) electrons. The number of halogens is 3. The molecule has 28 heavy (non-hydrogen) atoms. The van der Waals surface area contributed by atoms with Crippen molar-refractivity contribution in [3.8, 4) is 0 Å². The summed E-state index contributed by atoms with van der Waals surface area (Å²) in [6.07, 6.45) is -1.88. The number of alkyl halides is 3. The Bertz CT molecular complexity index is 887. The lowest BCUT2D eigenvalue weighted by Crippen LogP contribution is -2.15. The fourth-order valence-electron chi connectivity index (χ4n) is 3.23. The van der Waals surface area contributed by atoms with E-state index in [0.29, 0.717) is 17.8 Å². The Morgan fingerprint density at radius 3 is 1.86 bits per heavy atom. The molecule has 2 aliphatic carbocycles. The summed E-state index contributed by atoms with van der Waals surface area (Å²) >= 11 is 0. The molecule has 0 aromatic heterocycles. The summed E-state index contributed by atoms with van der Waals surface area (Å²) in [5.41, 5.74) is 1.36. The lowest BCUT2D eigenvalue weighted by atomic mass is 10.1. The van der Waals surface area contributed by atoms with Crippen LogP contribution in [0.4, 0.5) is 24.5 Å². The lowest BCUT2D eigenvalue weighted by molar-refractivity contribution is -0.137. The zero-order valence-corrected chi connectivity index (χ0v) is 14.9. The zero-order valence-electron chi connectivity index (χ0n) is 14.9. The third kappa shape index (κ3) is 4.18. The molecule has 2 unspecified atom stereocenters. The van der Waals surface area contributed by atoms with E-state index in [-0.39, 0.29) is 29.6 Å². The van der Waals surface area contributed by atoms with Crippen LogP contribution in [-0.4, -0.2) is 11.8 Å². The second kappa shape index (κ2) is 6.96. The van der Waals surface area contributed by atoms with Crippen LogP contribution in [0.15, 0.2) is 48.5 Å². The minimum Gasteiger partial charge on any atom is -0.326 e. The average Bonchev–Trinajstić information content (AvgIpc) is 3.56. The Labute approximate surface area is 160 Å².